The average molecular weight is 632 g/mol. The van der Waals surface area contributed by atoms with Crippen LogP contribution in [0.2, 0.25) is 0 Å². The zero-order chi connectivity index (χ0) is 32.9. The molecule has 10 heteroatoms. The van der Waals surface area contributed by atoms with Crippen molar-refractivity contribution in [2.24, 2.45) is 0 Å². The highest BCUT2D eigenvalue weighted by molar-refractivity contribution is 6.00. The minimum Gasteiger partial charge on any atom is -0.494 e. The van der Waals surface area contributed by atoms with Crippen molar-refractivity contribution >= 4 is 11.9 Å². The van der Waals surface area contributed by atoms with E-state index in [0.29, 0.717) is 40.4 Å². The molecule has 0 bridgehead atoms. The van der Waals surface area contributed by atoms with Crippen LogP contribution in [0, 0.1) is 0 Å². The number of aromatic nitrogens is 2. The summed E-state index contributed by atoms with van der Waals surface area (Å²) in [5.74, 6) is -1.20. The standard InChI is InChI=1S/C36H45N3O7/c1-6-7-8-12-19-44-29-17-15-27(16-18-29)34-30(24-39(38-34)28-13-10-9-11-14-28)33-31(35(40)45-22-20-42-4)25(2)37-26(3)32(33)36(41)46-23-21-43-5/h9-11,13-18,24,33,37H,6-8,12,19-23H2,1-5H3. The van der Waals surface area contributed by atoms with Gasteiger partial charge in [0.15, 0.2) is 0 Å². The number of nitrogens with zero attached hydrogens (tertiary/aromatic N) is 2. The molecule has 0 fully saturated rings. The second-order valence-electron chi connectivity index (χ2n) is 11.0. The molecule has 246 valence electrons. The summed E-state index contributed by atoms with van der Waals surface area (Å²) < 4.78 is 29.2. The molecule has 1 aromatic heterocycles. The molecule has 0 saturated heterocycles. The molecule has 0 atom stereocenters. The number of unbranched alkanes of at least 4 members (excludes halogenated alkanes) is 3. The van der Waals surface area contributed by atoms with E-state index in [1.54, 1.807) is 18.5 Å². The zero-order valence-corrected chi connectivity index (χ0v) is 27.5. The van der Waals surface area contributed by atoms with E-state index >= 15 is 0 Å². The molecule has 10 nitrogen and oxygen atoms in total. The van der Waals surface area contributed by atoms with E-state index in [4.69, 9.17) is 28.8 Å². The van der Waals surface area contributed by atoms with Gasteiger partial charge in [0.1, 0.15) is 19.0 Å². The summed E-state index contributed by atoms with van der Waals surface area (Å²) in [7, 11) is 3.08. The number of nitrogens with one attached hydrogen (secondary N) is 1. The minimum atomic E-state index is -0.840. The SMILES string of the molecule is CCCCCCOc1ccc(-c2nn(-c3ccccc3)cc2C2C(C(=O)OCCOC)=C(C)NC(C)=C2C(=O)OCCOC)cc1. The lowest BCUT2D eigenvalue weighted by Crippen LogP contribution is -2.33. The molecule has 3 aromatic rings. The molecule has 0 spiro atoms. The Bertz CT molecular complexity index is 1470. The van der Waals surface area contributed by atoms with Gasteiger partial charge in [-0.3, -0.25) is 0 Å². The largest absolute Gasteiger partial charge is 0.494 e. The predicted molar refractivity (Wildman–Crippen MR) is 176 cm³/mol. The maximum atomic E-state index is 13.7. The number of dihydropyridines is 1. The van der Waals surface area contributed by atoms with Gasteiger partial charge in [-0.1, -0.05) is 44.4 Å². The number of carbonyl (C=O) groups excluding carboxylic acids is 2. The van der Waals surface area contributed by atoms with Crippen molar-refractivity contribution in [3.8, 4) is 22.7 Å². The fourth-order valence-corrected chi connectivity index (χ4v) is 5.40. The van der Waals surface area contributed by atoms with Crippen molar-refractivity contribution in [1.82, 2.24) is 15.1 Å². The monoisotopic (exact) mass is 631 g/mol. The predicted octanol–water partition coefficient (Wildman–Crippen LogP) is 6.11. The summed E-state index contributed by atoms with van der Waals surface area (Å²) in [5.41, 5.74) is 4.61. The second kappa shape index (κ2) is 17.3. The Morgan fingerprint density at radius 3 is 1.96 bits per heavy atom. The van der Waals surface area contributed by atoms with Crippen LogP contribution in [0.25, 0.3) is 16.9 Å². The van der Waals surface area contributed by atoms with Crippen LogP contribution in [-0.4, -0.2) is 69.0 Å². The van der Waals surface area contributed by atoms with Crippen molar-refractivity contribution in [3.63, 3.8) is 0 Å². The molecule has 46 heavy (non-hydrogen) atoms. The number of hydrogen-bond donors (Lipinski definition) is 1. The van der Waals surface area contributed by atoms with Gasteiger partial charge in [0, 0.05) is 42.9 Å². The molecule has 0 unspecified atom stereocenters. The van der Waals surface area contributed by atoms with Gasteiger partial charge < -0.3 is 29.0 Å². The number of esters is 2. The summed E-state index contributed by atoms with van der Waals surface area (Å²) >= 11 is 0. The van der Waals surface area contributed by atoms with E-state index in [9.17, 15) is 9.59 Å². The van der Waals surface area contributed by atoms with Gasteiger partial charge in [-0.25, -0.2) is 14.3 Å². The van der Waals surface area contributed by atoms with Crippen molar-refractivity contribution in [2.45, 2.75) is 52.4 Å². The second-order valence-corrected chi connectivity index (χ2v) is 11.0. The molecule has 2 heterocycles. The van der Waals surface area contributed by atoms with Gasteiger partial charge in [-0.05, 0) is 56.7 Å². The van der Waals surface area contributed by atoms with Crippen LogP contribution >= 0.6 is 0 Å². The van der Waals surface area contributed by atoms with Gasteiger partial charge in [0.25, 0.3) is 0 Å². The van der Waals surface area contributed by atoms with Gasteiger partial charge in [0.2, 0.25) is 0 Å². The zero-order valence-electron chi connectivity index (χ0n) is 27.5. The fourth-order valence-electron chi connectivity index (χ4n) is 5.40. The molecule has 1 aliphatic rings. The third-order valence-corrected chi connectivity index (χ3v) is 7.71. The van der Waals surface area contributed by atoms with Crippen LogP contribution in [0.5, 0.6) is 5.75 Å². The molecule has 1 aliphatic heterocycles. The first-order valence-corrected chi connectivity index (χ1v) is 15.8. The van der Waals surface area contributed by atoms with Gasteiger partial charge in [-0.2, -0.15) is 5.10 Å². The third kappa shape index (κ3) is 8.64. The van der Waals surface area contributed by atoms with Crippen LogP contribution in [0.4, 0.5) is 0 Å². The normalized spacial score (nSPS) is 13.5. The Morgan fingerprint density at radius 1 is 0.783 bits per heavy atom. The number of ether oxygens (including phenoxy) is 5. The van der Waals surface area contributed by atoms with Crippen LogP contribution in [0.15, 0.2) is 83.3 Å². The number of methoxy groups -OCH3 is 2. The number of hydrogen-bond acceptors (Lipinski definition) is 9. The molecule has 0 radical (unpaired) electrons. The number of para-hydroxylation sites is 1. The van der Waals surface area contributed by atoms with Crippen LogP contribution in [0.3, 0.4) is 0 Å². The van der Waals surface area contributed by atoms with E-state index in [1.807, 2.05) is 60.8 Å². The number of benzene rings is 2. The summed E-state index contributed by atoms with van der Waals surface area (Å²) in [4.78, 5) is 27.4. The lowest BCUT2D eigenvalue weighted by atomic mass is 9.79. The van der Waals surface area contributed by atoms with E-state index < -0.39 is 17.9 Å². The van der Waals surface area contributed by atoms with E-state index in [0.717, 1.165) is 29.8 Å². The van der Waals surface area contributed by atoms with E-state index in [1.165, 1.54) is 27.1 Å². The highest BCUT2D eigenvalue weighted by Gasteiger charge is 2.40. The maximum Gasteiger partial charge on any atom is 0.336 e. The maximum absolute atomic E-state index is 13.7. The summed E-state index contributed by atoms with van der Waals surface area (Å²) in [6.07, 6.45) is 6.37. The molecule has 0 amide bonds. The van der Waals surface area contributed by atoms with E-state index in [-0.39, 0.29) is 26.4 Å². The lowest BCUT2D eigenvalue weighted by molar-refractivity contribution is -0.141. The summed E-state index contributed by atoms with van der Waals surface area (Å²) in [5, 5.41) is 8.22. The number of carbonyl (C=O) groups is 2. The Kier molecular flexibility index (Phi) is 13.0. The molecule has 4 rings (SSSR count). The summed E-state index contributed by atoms with van der Waals surface area (Å²) in [6.45, 7) is 7.03. The molecular weight excluding hydrogens is 586 g/mol. The Hall–Kier alpha value is -4.41. The van der Waals surface area contributed by atoms with Crippen LogP contribution in [0.1, 0.15) is 57.9 Å². The van der Waals surface area contributed by atoms with Crippen LogP contribution < -0.4 is 10.1 Å². The molecule has 0 aliphatic carbocycles. The van der Waals surface area contributed by atoms with Crippen LogP contribution in [-0.2, 0) is 28.5 Å². The number of allylic oxidation sites excluding steroid dienone is 2. The molecule has 0 saturated carbocycles. The quantitative estimate of drug-likeness (QED) is 0.139. The minimum absolute atomic E-state index is 0.0607. The first-order chi connectivity index (χ1) is 22.4. The van der Waals surface area contributed by atoms with Gasteiger partial charge >= 0.3 is 11.9 Å². The highest BCUT2D eigenvalue weighted by atomic mass is 16.6. The number of rotatable bonds is 17. The average Bonchev–Trinajstić information content (AvgIpc) is 3.50. The van der Waals surface area contributed by atoms with Gasteiger partial charge in [0.05, 0.1) is 48.3 Å². The molecule has 2 aromatic carbocycles. The Balaban J connectivity index is 1.82. The molecule has 1 N–H and O–H groups in total. The topological polar surface area (TPSA) is 110 Å². The lowest BCUT2D eigenvalue weighted by Gasteiger charge is -2.30. The van der Waals surface area contributed by atoms with Gasteiger partial charge in [-0.15, -0.1) is 0 Å². The Morgan fingerprint density at radius 2 is 1.39 bits per heavy atom. The highest BCUT2D eigenvalue weighted by Crippen LogP contribution is 2.43. The fraction of sp³-hybridized carbons (Fsp3) is 0.417. The van der Waals surface area contributed by atoms with Crippen molar-refractivity contribution < 1.29 is 33.3 Å². The first kappa shape index (κ1) is 34.5. The molecular formula is C36H45N3O7. The summed E-state index contributed by atoms with van der Waals surface area (Å²) in [6, 6.07) is 17.4. The van der Waals surface area contributed by atoms with Crippen molar-refractivity contribution in [1.29, 1.82) is 0 Å². The third-order valence-electron chi connectivity index (χ3n) is 7.71. The van der Waals surface area contributed by atoms with Crippen molar-refractivity contribution in [2.75, 3.05) is 47.3 Å². The van der Waals surface area contributed by atoms with E-state index in [2.05, 4.69) is 12.2 Å². The Labute approximate surface area is 271 Å². The first-order valence-electron chi connectivity index (χ1n) is 15.8. The van der Waals surface area contributed by atoms with Crippen molar-refractivity contribution in [3.05, 3.63) is 88.9 Å². The smallest absolute Gasteiger partial charge is 0.336 e.